The van der Waals surface area contributed by atoms with Gasteiger partial charge in [0.05, 0.1) is 17.5 Å². The lowest BCUT2D eigenvalue weighted by molar-refractivity contribution is -0.132. The number of nitrogens with zero attached hydrogens (tertiary/aromatic N) is 1. The van der Waals surface area contributed by atoms with Crippen LogP contribution < -0.4 is 5.32 Å². The quantitative estimate of drug-likeness (QED) is 0.914. The zero-order valence-electron chi connectivity index (χ0n) is 12.0. The van der Waals surface area contributed by atoms with E-state index in [2.05, 4.69) is 5.32 Å². The summed E-state index contributed by atoms with van der Waals surface area (Å²) in [5, 5.41) is 7.36. The third kappa shape index (κ3) is 2.86. The van der Waals surface area contributed by atoms with Gasteiger partial charge >= 0.3 is 0 Å². The smallest absolute Gasteiger partial charge is 0.241 e. The van der Waals surface area contributed by atoms with Gasteiger partial charge in [0, 0.05) is 6.04 Å². The molecule has 0 radical (unpaired) electrons. The second kappa shape index (κ2) is 5.70. The first-order valence-corrected chi connectivity index (χ1v) is 10.1. The molecule has 1 amide bonds. The van der Waals surface area contributed by atoms with Gasteiger partial charge in [-0.15, -0.1) is 0 Å². The van der Waals surface area contributed by atoms with Crippen molar-refractivity contribution in [3.8, 4) is 0 Å². The Bertz CT molecular complexity index is 612. The molecule has 3 atom stereocenters. The van der Waals surface area contributed by atoms with Gasteiger partial charge in [0.15, 0.2) is 9.84 Å². The number of rotatable bonds is 3. The fourth-order valence-corrected chi connectivity index (χ4v) is 5.60. The third-order valence-electron chi connectivity index (χ3n) is 4.29. The molecule has 5 nitrogen and oxygen atoms in total. The molecule has 0 bridgehead atoms. The van der Waals surface area contributed by atoms with E-state index in [0.29, 0.717) is 6.42 Å². The summed E-state index contributed by atoms with van der Waals surface area (Å²) < 4.78 is 23.8. The van der Waals surface area contributed by atoms with Gasteiger partial charge < -0.3 is 4.90 Å². The van der Waals surface area contributed by atoms with Crippen LogP contribution in [0.3, 0.4) is 0 Å². The molecular formula is C14H20N2O3S2. The Morgan fingerprint density at radius 2 is 2.29 bits per heavy atom. The molecule has 2 fully saturated rings. The van der Waals surface area contributed by atoms with Crippen molar-refractivity contribution in [2.75, 3.05) is 11.5 Å². The van der Waals surface area contributed by atoms with Crippen molar-refractivity contribution < 1.29 is 13.2 Å². The van der Waals surface area contributed by atoms with Gasteiger partial charge in [-0.2, -0.15) is 11.3 Å². The largest absolute Gasteiger partial charge is 0.318 e. The highest BCUT2D eigenvalue weighted by molar-refractivity contribution is 7.91. The van der Waals surface area contributed by atoms with Crippen LogP contribution >= 0.6 is 11.3 Å². The predicted molar refractivity (Wildman–Crippen MR) is 82.8 cm³/mol. The van der Waals surface area contributed by atoms with Crippen molar-refractivity contribution in [2.24, 2.45) is 0 Å². The zero-order chi connectivity index (χ0) is 15.0. The lowest BCUT2D eigenvalue weighted by atomic mass is 10.1. The fourth-order valence-electron chi connectivity index (χ4n) is 3.24. The van der Waals surface area contributed by atoms with Crippen molar-refractivity contribution >= 4 is 27.1 Å². The zero-order valence-corrected chi connectivity index (χ0v) is 13.6. The summed E-state index contributed by atoms with van der Waals surface area (Å²) in [6.45, 7) is 1.97. The highest BCUT2D eigenvalue weighted by Gasteiger charge is 2.44. The van der Waals surface area contributed by atoms with E-state index in [-0.39, 0.29) is 35.7 Å². The first kappa shape index (κ1) is 15.0. The van der Waals surface area contributed by atoms with Crippen molar-refractivity contribution in [3.63, 3.8) is 0 Å². The molecule has 3 unspecified atom stereocenters. The van der Waals surface area contributed by atoms with Crippen LogP contribution in [0, 0.1) is 0 Å². The predicted octanol–water partition coefficient (Wildman–Crippen LogP) is 1.53. The number of nitrogens with one attached hydrogen (secondary N) is 1. The van der Waals surface area contributed by atoms with E-state index < -0.39 is 9.84 Å². The normalized spacial score (nSPS) is 32.5. The van der Waals surface area contributed by atoms with E-state index in [1.807, 2.05) is 23.8 Å². The van der Waals surface area contributed by atoms with E-state index in [4.69, 9.17) is 0 Å². The molecule has 3 heterocycles. The second-order valence-corrected chi connectivity index (χ2v) is 8.75. The van der Waals surface area contributed by atoms with Gasteiger partial charge in [-0.3, -0.25) is 10.1 Å². The summed E-state index contributed by atoms with van der Waals surface area (Å²) in [7, 11) is -3.03. The van der Waals surface area contributed by atoms with E-state index in [1.54, 1.807) is 16.2 Å². The summed E-state index contributed by atoms with van der Waals surface area (Å²) in [4.78, 5) is 14.4. The third-order valence-corrected chi connectivity index (χ3v) is 6.79. The maximum atomic E-state index is 12.6. The summed E-state index contributed by atoms with van der Waals surface area (Å²) in [6, 6.07) is 1.59. The van der Waals surface area contributed by atoms with Crippen LogP contribution in [-0.2, 0) is 14.6 Å². The SMILES string of the molecule is CCC1NC(c2ccsc2)N(C2CCCS(=O)(=O)C2)C1=O. The minimum absolute atomic E-state index is 0.0378. The Balaban J connectivity index is 1.90. The molecule has 116 valence electrons. The maximum Gasteiger partial charge on any atom is 0.241 e. The fraction of sp³-hybridized carbons (Fsp3) is 0.643. The molecule has 1 N–H and O–H groups in total. The Morgan fingerprint density at radius 3 is 2.90 bits per heavy atom. The van der Waals surface area contributed by atoms with Crippen molar-refractivity contribution in [1.29, 1.82) is 0 Å². The van der Waals surface area contributed by atoms with E-state index >= 15 is 0 Å². The number of amides is 1. The van der Waals surface area contributed by atoms with Crippen LogP contribution in [0.5, 0.6) is 0 Å². The van der Waals surface area contributed by atoms with Crippen LogP contribution in [0.25, 0.3) is 0 Å². The Labute approximate surface area is 129 Å². The van der Waals surface area contributed by atoms with Crippen LogP contribution in [0.4, 0.5) is 0 Å². The average molecular weight is 328 g/mol. The molecule has 2 saturated heterocycles. The summed E-state index contributed by atoms with van der Waals surface area (Å²) in [6.07, 6.45) is 1.94. The van der Waals surface area contributed by atoms with E-state index in [0.717, 1.165) is 18.4 Å². The standard InChI is InChI=1S/C14H20N2O3S2/c1-2-12-14(17)16(11-4-3-7-21(18,19)9-11)13(15-12)10-5-6-20-8-10/h5-6,8,11-13,15H,2-4,7,9H2,1H3. The van der Waals surface area contributed by atoms with E-state index in [9.17, 15) is 13.2 Å². The van der Waals surface area contributed by atoms with Crippen LogP contribution in [0.1, 0.15) is 37.9 Å². The molecule has 1 aromatic heterocycles. The number of carbonyl (C=O) groups excluding carboxylic acids is 1. The van der Waals surface area contributed by atoms with Gasteiger partial charge in [-0.1, -0.05) is 6.92 Å². The van der Waals surface area contributed by atoms with Gasteiger partial charge in [-0.25, -0.2) is 8.42 Å². The Morgan fingerprint density at radius 1 is 1.48 bits per heavy atom. The number of hydrogen-bond acceptors (Lipinski definition) is 5. The first-order valence-electron chi connectivity index (χ1n) is 7.32. The second-order valence-electron chi connectivity index (χ2n) is 5.74. The molecule has 0 aromatic carbocycles. The number of sulfone groups is 1. The molecule has 2 aliphatic heterocycles. The van der Waals surface area contributed by atoms with Crippen molar-refractivity contribution in [2.45, 2.75) is 44.4 Å². The van der Waals surface area contributed by atoms with E-state index in [1.165, 1.54) is 0 Å². The molecule has 7 heteroatoms. The lowest BCUT2D eigenvalue weighted by Crippen LogP contribution is -2.46. The maximum absolute atomic E-state index is 12.6. The van der Waals surface area contributed by atoms with Crippen LogP contribution in [0.2, 0.25) is 0 Å². The van der Waals surface area contributed by atoms with Gasteiger partial charge in [0.2, 0.25) is 5.91 Å². The van der Waals surface area contributed by atoms with Gasteiger partial charge in [0.1, 0.15) is 6.17 Å². The lowest BCUT2D eigenvalue weighted by Gasteiger charge is -2.34. The van der Waals surface area contributed by atoms with Crippen LogP contribution in [-0.4, -0.2) is 42.8 Å². The summed E-state index contributed by atoms with van der Waals surface area (Å²) in [5.74, 6) is 0.382. The molecule has 2 aliphatic rings. The molecule has 0 spiro atoms. The summed E-state index contributed by atoms with van der Waals surface area (Å²) >= 11 is 1.59. The minimum Gasteiger partial charge on any atom is -0.318 e. The summed E-state index contributed by atoms with van der Waals surface area (Å²) in [5.41, 5.74) is 1.05. The molecular weight excluding hydrogens is 308 g/mol. The molecule has 1 aromatic rings. The highest BCUT2D eigenvalue weighted by atomic mass is 32.2. The van der Waals surface area contributed by atoms with Gasteiger partial charge in [-0.05, 0) is 41.7 Å². The van der Waals surface area contributed by atoms with Crippen molar-refractivity contribution in [1.82, 2.24) is 10.2 Å². The molecule has 0 aliphatic carbocycles. The Kier molecular flexibility index (Phi) is 4.07. The number of thiophene rings is 1. The highest BCUT2D eigenvalue weighted by Crippen LogP contribution is 2.33. The monoisotopic (exact) mass is 328 g/mol. The number of carbonyl (C=O) groups is 1. The van der Waals surface area contributed by atoms with Gasteiger partial charge in [0.25, 0.3) is 0 Å². The first-order chi connectivity index (χ1) is 10.0. The number of hydrogen-bond donors (Lipinski definition) is 1. The minimum atomic E-state index is -3.03. The molecule has 21 heavy (non-hydrogen) atoms. The molecule has 3 rings (SSSR count). The topological polar surface area (TPSA) is 66.5 Å². The van der Waals surface area contributed by atoms with Crippen molar-refractivity contribution in [3.05, 3.63) is 22.4 Å². The van der Waals surface area contributed by atoms with Crippen LogP contribution in [0.15, 0.2) is 16.8 Å². The molecule has 0 saturated carbocycles. The average Bonchev–Trinajstić information content (AvgIpc) is 3.04. The Hall–Kier alpha value is -0.920.